The number of alkyl halides is 13. The van der Waals surface area contributed by atoms with Crippen molar-refractivity contribution in [1.82, 2.24) is 0 Å². The first kappa shape index (κ1) is 73.7. The van der Waals surface area contributed by atoms with Gasteiger partial charge in [-0.3, -0.25) is 24.9 Å². The van der Waals surface area contributed by atoms with Crippen molar-refractivity contribution in [2.24, 2.45) is 0 Å². The van der Waals surface area contributed by atoms with E-state index in [1.54, 1.807) is 25.1 Å². The topological polar surface area (TPSA) is 86.3 Å². The number of hydrogen-bond acceptors (Lipinski definition) is 4. The van der Waals surface area contributed by atoms with Crippen LogP contribution in [0.5, 0.6) is 0 Å². The first-order chi connectivity index (χ1) is 23.0. The molecule has 0 saturated carbocycles. The number of rotatable bonds is 3. The minimum atomic E-state index is -9.19. The zero-order valence-corrected chi connectivity index (χ0v) is 35.4. The molecule has 0 spiro atoms. The predicted molar refractivity (Wildman–Crippen MR) is 167 cm³/mol. The van der Waals surface area contributed by atoms with Crippen molar-refractivity contribution < 1.29 is 108 Å². The number of halogens is 26. The number of nitrogens with zero attached hydrogens (tertiary/aromatic N) is 2. The Kier molecular flexibility index (Phi) is 32.8. The van der Waals surface area contributed by atoms with Crippen LogP contribution in [-0.2, 0) is 5.67 Å². The Balaban J connectivity index is -0.0000000894. The Labute approximate surface area is 339 Å². The SMILES string of the molecule is C.CC(F)(Cl)C(F)(F)F.CC(F)C(F)(F)F.Cc1cc(C(C)(F)C(F)(F)F)ccc1[N+](=O)[O-].Cc1ccccc1[N+](=O)[O-].Cl.F.[Cl-].[F][Sb]([F])([F])([F])[F].[F][Sb]([F])([F])([F])[F]. The summed E-state index contributed by atoms with van der Waals surface area (Å²) in [6.45, 7) is 4.06. The molecule has 0 amide bonds. The summed E-state index contributed by atoms with van der Waals surface area (Å²) in [5.41, 5.74) is -3.64. The number of nitro benzene ring substituents is 2. The van der Waals surface area contributed by atoms with Gasteiger partial charge in [0, 0.05) is 23.3 Å². The molecule has 2 aromatic rings. The number of para-hydroxylation sites is 1. The first-order valence-corrected chi connectivity index (χ1v) is 22.6. The number of hydrogen-bond donors (Lipinski definition) is 0. The van der Waals surface area contributed by atoms with Crippen LogP contribution in [0.2, 0.25) is 0 Å². The van der Waals surface area contributed by atoms with Crippen LogP contribution in [0.25, 0.3) is 0 Å². The predicted octanol–water partition coefficient (Wildman–Crippen LogP) is 11.6. The third kappa shape index (κ3) is 42.3. The van der Waals surface area contributed by atoms with Crippen molar-refractivity contribution in [3.63, 3.8) is 0 Å². The summed E-state index contributed by atoms with van der Waals surface area (Å²) < 4.78 is 238. The van der Waals surface area contributed by atoms with Gasteiger partial charge >= 0.3 is 87.3 Å². The van der Waals surface area contributed by atoms with Crippen molar-refractivity contribution in [2.45, 2.75) is 77.5 Å². The zero-order valence-electron chi connectivity index (χ0n) is 27.9. The Morgan fingerprint density at radius 1 is 0.638 bits per heavy atom. The molecule has 2 rings (SSSR count). The third-order valence-electron chi connectivity index (χ3n) is 4.73. The van der Waals surface area contributed by atoms with Crippen LogP contribution >= 0.6 is 24.0 Å². The second-order valence-corrected chi connectivity index (χ2v) is 17.6. The molecular weight excluding hydrogens is 1170 g/mol. The average Bonchev–Trinajstić information content (AvgIpc) is 2.84. The van der Waals surface area contributed by atoms with Crippen LogP contribution in [0.4, 0.5) is 96.9 Å². The van der Waals surface area contributed by atoms with Crippen LogP contribution in [0.3, 0.4) is 0 Å². The quantitative estimate of drug-likeness (QED) is 0.101. The molecule has 0 N–H and O–H groups in total. The molecule has 6 nitrogen and oxygen atoms in total. The van der Waals surface area contributed by atoms with Crippen molar-refractivity contribution in [1.29, 1.82) is 0 Å². The number of benzene rings is 2. The van der Waals surface area contributed by atoms with Crippen molar-refractivity contribution in [3.05, 3.63) is 79.4 Å². The molecule has 34 heteroatoms. The first-order valence-electron chi connectivity index (χ1n) is 12.5. The minimum absolute atomic E-state index is 0. The zero-order chi connectivity index (χ0) is 45.0. The molecule has 0 bridgehead atoms. The van der Waals surface area contributed by atoms with E-state index < -0.39 is 86.6 Å². The molecule has 2 aromatic carbocycles. The van der Waals surface area contributed by atoms with Crippen LogP contribution < -0.4 is 12.4 Å². The molecule has 0 aliphatic rings. The van der Waals surface area contributed by atoms with E-state index in [2.05, 4.69) is 11.6 Å². The van der Waals surface area contributed by atoms with E-state index in [4.69, 9.17) is 0 Å². The van der Waals surface area contributed by atoms with E-state index in [0.717, 1.165) is 18.2 Å². The summed E-state index contributed by atoms with van der Waals surface area (Å²) in [6.07, 6.45) is -17.4. The van der Waals surface area contributed by atoms with Gasteiger partial charge in [-0.2, -0.15) is 39.5 Å². The number of aryl methyl sites for hydroxylation is 2. The van der Waals surface area contributed by atoms with E-state index in [1.165, 1.54) is 13.0 Å². The average molecular weight is 1200 g/mol. The monoisotopic (exact) mass is 1190 g/mol. The maximum absolute atomic E-state index is 13.5. The second-order valence-electron chi connectivity index (χ2n) is 9.62. The van der Waals surface area contributed by atoms with E-state index in [1.807, 2.05) is 0 Å². The fourth-order valence-electron chi connectivity index (χ4n) is 2.08. The van der Waals surface area contributed by atoms with Crippen LogP contribution in [0, 0.1) is 34.1 Å². The molecular formula is C24H29Cl3F23N2O4Sb2-. The summed E-state index contributed by atoms with van der Waals surface area (Å²) in [4.78, 5) is 19.6. The fourth-order valence-corrected chi connectivity index (χ4v) is 2.08. The van der Waals surface area contributed by atoms with Gasteiger partial charge in [0.15, 0.2) is 6.17 Å². The summed E-state index contributed by atoms with van der Waals surface area (Å²) in [7, 11) is 0. The maximum atomic E-state index is 13.5. The summed E-state index contributed by atoms with van der Waals surface area (Å²) in [6, 6.07) is 9.14. The summed E-state index contributed by atoms with van der Waals surface area (Å²) in [5.74, 6) is 0. The Hall–Kier alpha value is -1.86. The third-order valence-corrected chi connectivity index (χ3v) is 4.94. The molecule has 0 aliphatic heterocycles. The molecule has 0 fully saturated rings. The Morgan fingerprint density at radius 2 is 0.897 bits per heavy atom. The Morgan fingerprint density at radius 3 is 1.07 bits per heavy atom. The van der Waals surface area contributed by atoms with E-state index in [-0.39, 0.29) is 65.7 Å². The van der Waals surface area contributed by atoms with Crippen LogP contribution in [-0.4, -0.2) is 80.3 Å². The molecule has 3 atom stereocenters. The van der Waals surface area contributed by atoms with Gasteiger partial charge in [0.05, 0.1) is 9.85 Å². The Bertz CT molecular complexity index is 1440. The van der Waals surface area contributed by atoms with Crippen LogP contribution in [0.1, 0.15) is 44.9 Å². The van der Waals surface area contributed by atoms with Gasteiger partial charge in [-0.1, -0.05) is 37.2 Å². The van der Waals surface area contributed by atoms with Crippen molar-refractivity contribution in [3.8, 4) is 0 Å². The van der Waals surface area contributed by atoms with Crippen LogP contribution in [0.15, 0.2) is 42.5 Å². The fraction of sp³-hybridized carbons (Fsp3) is 0.500. The van der Waals surface area contributed by atoms with Gasteiger partial charge in [0.25, 0.3) is 16.5 Å². The normalized spacial score (nSPS) is 14.9. The summed E-state index contributed by atoms with van der Waals surface area (Å²) >= 11 is -14.2. The summed E-state index contributed by atoms with van der Waals surface area (Å²) in [5, 5.41) is 17.1. The van der Waals surface area contributed by atoms with Crippen molar-refractivity contribution >= 4 is 76.0 Å². The van der Waals surface area contributed by atoms with E-state index >= 15 is 0 Å². The molecule has 0 aromatic heterocycles. The molecule has 352 valence electrons. The second kappa shape index (κ2) is 25.8. The molecule has 0 aliphatic carbocycles. The molecule has 0 radical (unpaired) electrons. The van der Waals surface area contributed by atoms with Gasteiger partial charge in [-0.25, -0.2) is 13.2 Å². The van der Waals surface area contributed by atoms with Crippen molar-refractivity contribution in [2.75, 3.05) is 0 Å². The van der Waals surface area contributed by atoms with Gasteiger partial charge in [0.1, 0.15) is 0 Å². The molecule has 0 heterocycles. The van der Waals surface area contributed by atoms with Gasteiger partial charge in [-0.05, 0) is 52.3 Å². The van der Waals surface area contributed by atoms with E-state index in [9.17, 15) is 101 Å². The van der Waals surface area contributed by atoms with E-state index in [0.29, 0.717) is 19.4 Å². The molecule has 58 heavy (non-hydrogen) atoms. The van der Waals surface area contributed by atoms with Gasteiger partial charge < -0.3 is 12.4 Å². The van der Waals surface area contributed by atoms with Gasteiger partial charge in [0.2, 0.25) is 5.67 Å². The van der Waals surface area contributed by atoms with Gasteiger partial charge in [-0.15, -0.1) is 12.4 Å². The molecule has 0 saturated heterocycles. The standard InChI is InChI=1S/C10H9F4NO2.C7H7NO2.C3H3ClF4.C3H4F4.CH4.2ClH.11FH.2Sb/c1-6-5-7(3-4-8(6)15(16)17)9(2,11)10(12,13)14;1-6-4-2-3-5-7(6)8(9)10;1-2(4,5)3(6,7)8;1-2(4)3(5,6)7;;;;;;;;;;;;;;;;/h3-5H,1-2H3;2-5H,1H3;1H3;2H,1H3;1H4;13*1H;;/q;;;;;;;;;;;;;;;;;;2*+5/p-11. The number of nitro groups is 2. The molecule has 3 unspecified atom stereocenters.